The third-order valence-electron chi connectivity index (χ3n) is 2.35. The average molecular weight is 143 g/mol. The van der Waals surface area contributed by atoms with E-state index in [0.29, 0.717) is 6.04 Å². The monoisotopic (exact) mass is 143 g/mol. The molecule has 0 aromatic carbocycles. The van der Waals surface area contributed by atoms with Crippen molar-refractivity contribution in [3.8, 4) is 0 Å². The second-order valence-corrected chi connectivity index (χ2v) is 3.44. The zero-order chi connectivity index (χ0) is 7.56. The second-order valence-electron chi connectivity index (χ2n) is 3.44. The fourth-order valence-corrected chi connectivity index (χ4v) is 1.61. The highest BCUT2D eigenvalue weighted by Crippen LogP contribution is 2.20. The number of aliphatic hydroxyl groups is 1. The summed E-state index contributed by atoms with van der Waals surface area (Å²) in [4.78, 5) is 2.21. The maximum Gasteiger partial charge on any atom is 0.0555 e. The summed E-state index contributed by atoms with van der Waals surface area (Å²) in [7, 11) is 4.17. The van der Waals surface area contributed by atoms with Crippen LogP contribution >= 0.6 is 0 Å². The third kappa shape index (κ3) is 1.96. The van der Waals surface area contributed by atoms with Crippen molar-refractivity contribution in [1.82, 2.24) is 4.90 Å². The van der Waals surface area contributed by atoms with Crippen LogP contribution in [0.3, 0.4) is 0 Å². The Bertz CT molecular complexity index is 103. The van der Waals surface area contributed by atoms with Crippen LogP contribution in [-0.2, 0) is 0 Å². The Balaban J connectivity index is 2.32. The molecule has 1 N–H and O–H groups in total. The minimum atomic E-state index is -0.0406. The largest absolute Gasteiger partial charge is 0.393 e. The van der Waals surface area contributed by atoms with Crippen LogP contribution in [0.25, 0.3) is 0 Å². The SMILES string of the molecule is CN(C)[C@H]1CCC[C@H](O)C1. The van der Waals surface area contributed by atoms with Gasteiger partial charge in [-0.25, -0.2) is 0 Å². The van der Waals surface area contributed by atoms with Crippen LogP contribution in [0.15, 0.2) is 0 Å². The molecular formula is C8H17NO. The lowest BCUT2D eigenvalue weighted by Gasteiger charge is -2.30. The lowest BCUT2D eigenvalue weighted by molar-refractivity contribution is 0.0820. The van der Waals surface area contributed by atoms with Gasteiger partial charge in [0.05, 0.1) is 6.10 Å². The van der Waals surface area contributed by atoms with Crippen LogP contribution < -0.4 is 0 Å². The van der Waals surface area contributed by atoms with E-state index in [2.05, 4.69) is 19.0 Å². The molecule has 60 valence electrons. The molecule has 2 heteroatoms. The van der Waals surface area contributed by atoms with E-state index in [9.17, 15) is 5.11 Å². The molecule has 1 aliphatic rings. The van der Waals surface area contributed by atoms with Gasteiger partial charge < -0.3 is 10.0 Å². The van der Waals surface area contributed by atoms with Crippen molar-refractivity contribution < 1.29 is 5.11 Å². The summed E-state index contributed by atoms with van der Waals surface area (Å²) in [5.74, 6) is 0. The van der Waals surface area contributed by atoms with Crippen LogP contribution in [0.1, 0.15) is 25.7 Å². The first-order valence-electron chi connectivity index (χ1n) is 4.04. The van der Waals surface area contributed by atoms with E-state index in [1.54, 1.807) is 0 Å². The molecule has 2 nitrogen and oxygen atoms in total. The van der Waals surface area contributed by atoms with Crippen LogP contribution in [-0.4, -0.2) is 36.2 Å². The van der Waals surface area contributed by atoms with Crippen molar-refractivity contribution >= 4 is 0 Å². The Morgan fingerprint density at radius 1 is 1.30 bits per heavy atom. The molecule has 0 saturated heterocycles. The fourth-order valence-electron chi connectivity index (χ4n) is 1.61. The minimum Gasteiger partial charge on any atom is -0.393 e. The van der Waals surface area contributed by atoms with Crippen LogP contribution in [0, 0.1) is 0 Å². The molecule has 0 heterocycles. The summed E-state index contributed by atoms with van der Waals surface area (Å²) >= 11 is 0. The lowest BCUT2D eigenvalue weighted by atomic mass is 9.92. The smallest absolute Gasteiger partial charge is 0.0555 e. The van der Waals surface area contributed by atoms with Gasteiger partial charge in [-0.3, -0.25) is 0 Å². The van der Waals surface area contributed by atoms with Gasteiger partial charge in [0.1, 0.15) is 0 Å². The van der Waals surface area contributed by atoms with E-state index in [4.69, 9.17) is 0 Å². The van der Waals surface area contributed by atoms with Gasteiger partial charge in [0, 0.05) is 6.04 Å². The van der Waals surface area contributed by atoms with Gasteiger partial charge in [-0.1, -0.05) is 0 Å². The average Bonchev–Trinajstić information content (AvgIpc) is 1.88. The van der Waals surface area contributed by atoms with E-state index in [-0.39, 0.29) is 6.10 Å². The quantitative estimate of drug-likeness (QED) is 0.588. The first-order chi connectivity index (χ1) is 4.70. The zero-order valence-corrected chi connectivity index (χ0v) is 6.88. The van der Waals surface area contributed by atoms with Crippen LogP contribution in [0.2, 0.25) is 0 Å². The highest BCUT2D eigenvalue weighted by Gasteiger charge is 2.20. The Morgan fingerprint density at radius 2 is 2.00 bits per heavy atom. The highest BCUT2D eigenvalue weighted by molar-refractivity contribution is 4.76. The summed E-state index contributed by atoms with van der Waals surface area (Å²) < 4.78 is 0. The minimum absolute atomic E-state index is 0.0406. The molecule has 1 fully saturated rings. The van der Waals surface area contributed by atoms with E-state index in [1.165, 1.54) is 12.8 Å². The summed E-state index contributed by atoms with van der Waals surface area (Å²) in [5, 5.41) is 9.30. The van der Waals surface area contributed by atoms with Crippen molar-refractivity contribution in [2.24, 2.45) is 0 Å². The molecule has 0 aromatic heterocycles. The second kappa shape index (κ2) is 3.35. The molecular weight excluding hydrogens is 126 g/mol. The van der Waals surface area contributed by atoms with Crippen LogP contribution in [0.4, 0.5) is 0 Å². The van der Waals surface area contributed by atoms with E-state index in [1.807, 2.05) is 0 Å². The normalized spacial score (nSPS) is 34.8. The van der Waals surface area contributed by atoms with E-state index in [0.717, 1.165) is 12.8 Å². The van der Waals surface area contributed by atoms with Crippen molar-refractivity contribution in [2.45, 2.75) is 37.8 Å². The first kappa shape index (κ1) is 8.02. The van der Waals surface area contributed by atoms with Gasteiger partial charge in [0.2, 0.25) is 0 Å². The molecule has 1 aliphatic carbocycles. The highest BCUT2D eigenvalue weighted by atomic mass is 16.3. The van der Waals surface area contributed by atoms with Crippen molar-refractivity contribution in [2.75, 3.05) is 14.1 Å². The van der Waals surface area contributed by atoms with Gasteiger partial charge in [0.15, 0.2) is 0 Å². The number of rotatable bonds is 1. The molecule has 0 amide bonds. The Kier molecular flexibility index (Phi) is 2.69. The predicted octanol–water partition coefficient (Wildman–Crippen LogP) is 0.851. The van der Waals surface area contributed by atoms with Gasteiger partial charge in [-0.2, -0.15) is 0 Å². The van der Waals surface area contributed by atoms with Gasteiger partial charge in [-0.05, 0) is 39.8 Å². The molecule has 0 unspecified atom stereocenters. The maximum atomic E-state index is 9.30. The van der Waals surface area contributed by atoms with E-state index >= 15 is 0 Å². The molecule has 1 saturated carbocycles. The zero-order valence-electron chi connectivity index (χ0n) is 6.88. The Labute approximate surface area is 62.8 Å². The standard InChI is InChI=1S/C8H17NO/c1-9(2)7-4-3-5-8(10)6-7/h7-8,10H,3-6H2,1-2H3/t7-,8-/m0/s1. The molecule has 10 heavy (non-hydrogen) atoms. The number of hydrogen-bond acceptors (Lipinski definition) is 2. The summed E-state index contributed by atoms with van der Waals surface area (Å²) in [5.41, 5.74) is 0. The molecule has 2 atom stereocenters. The van der Waals surface area contributed by atoms with Gasteiger partial charge in [0.25, 0.3) is 0 Å². The van der Waals surface area contributed by atoms with Gasteiger partial charge in [-0.15, -0.1) is 0 Å². The van der Waals surface area contributed by atoms with Crippen molar-refractivity contribution in [3.63, 3.8) is 0 Å². The third-order valence-corrected chi connectivity index (χ3v) is 2.35. The molecule has 1 rings (SSSR count). The van der Waals surface area contributed by atoms with Gasteiger partial charge >= 0.3 is 0 Å². The number of nitrogens with zero attached hydrogens (tertiary/aromatic N) is 1. The van der Waals surface area contributed by atoms with Crippen molar-refractivity contribution in [1.29, 1.82) is 0 Å². The topological polar surface area (TPSA) is 23.5 Å². The Hall–Kier alpha value is -0.0800. The molecule has 0 spiro atoms. The maximum absolute atomic E-state index is 9.30. The number of aliphatic hydroxyl groups excluding tert-OH is 1. The molecule has 0 aliphatic heterocycles. The van der Waals surface area contributed by atoms with Crippen LogP contribution in [0.5, 0.6) is 0 Å². The lowest BCUT2D eigenvalue weighted by Crippen LogP contribution is -2.34. The Morgan fingerprint density at radius 3 is 2.40 bits per heavy atom. The van der Waals surface area contributed by atoms with Crippen molar-refractivity contribution in [3.05, 3.63) is 0 Å². The first-order valence-corrected chi connectivity index (χ1v) is 4.04. The molecule has 0 aromatic rings. The summed E-state index contributed by atoms with van der Waals surface area (Å²) in [6.45, 7) is 0. The fraction of sp³-hybridized carbons (Fsp3) is 1.00. The number of hydrogen-bond donors (Lipinski definition) is 1. The molecule has 0 bridgehead atoms. The van der Waals surface area contributed by atoms with E-state index < -0.39 is 0 Å². The summed E-state index contributed by atoms with van der Waals surface area (Å²) in [6.07, 6.45) is 4.37. The summed E-state index contributed by atoms with van der Waals surface area (Å²) in [6, 6.07) is 0.615. The predicted molar refractivity (Wildman–Crippen MR) is 41.9 cm³/mol. The molecule has 0 radical (unpaired) electrons.